The van der Waals surface area contributed by atoms with Crippen molar-refractivity contribution in [3.63, 3.8) is 0 Å². The number of pyridine rings is 1. The molecule has 0 unspecified atom stereocenters. The van der Waals surface area contributed by atoms with E-state index in [-0.39, 0.29) is 6.61 Å². The number of nitrogens with two attached hydrogens (primary N) is 1. The molecule has 0 radical (unpaired) electrons. The number of alkyl halides is 2. The number of nitrogen functional groups attached to an aromatic ring is 1. The van der Waals surface area contributed by atoms with E-state index < -0.39 is 35.3 Å². The standard InChI is InChI=1S/C9H9F3N2O2/c1-2-16-9(15)5-3-4(13)6(10)7(14-5)8(11)12/h3,8H,2H2,1H3,(H2,13,14). The van der Waals surface area contributed by atoms with Crippen molar-refractivity contribution >= 4 is 11.7 Å². The zero-order chi connectivity index (χ0) is 12.3. The lowest BCUT2D eigenvalue weighted by molar-refractivity contribution is 0.0517. The Morgan fingerprint density at radius 2 is 2.25 bits per heavy atom. The fourth-order valence-corrected chi connectivity index (χ4v) is 1.02. The van der Waals surface area contributed by atoms with Crippen LogP contribution in [0.25, 0.3) is 0 Å². The van der Waals surface area contributed by atoms with Gasteiger partial charge in [-0.15, -0.1) is 0 Å². The summed E-state index contributed by atoms with van der Waals surface area (Å²) in [6.07, 6.45) is -3.14. The molecular formula is C9H9F3N2O2. The summed E-state index contributed by atoms with van der Waals surface area (Å²) in [4.78, 5) is 14.3. The largest absolute Gasteiger partial charge is 0.461 e. The lowest BCUT2D eigenvalue weighted by Gasteiger charge is -2.07. The molecule has 0 fully saturated rings. The Balaban J connectivity index is 3.18. The van der Waals surface area contributed by atoms with E-state index in [4.69, 9.17) is 5.73 Å². The molecule has 0 bridgehead atoms. The Morgan fingerprint density at radius 1 is 1.62 bits per heavy atom. The fraction of sp³-hybridized carbons (Fsp3) is 0.333. The van der Waals surface area contributed by atoms with Gasteiger partial charge in [0.15, 0.2) is 11.5 Å². The number of aromatic nitrogens is 1. The van der Waals surface area contributed by atoms with E-state index in [2.05, 4.69) is 9.72 Å². The SMILES string of the molecule is CCOC(=O)c1cc(N)c(F)c(C(F)F)n1. The third kappa shape index (κ3) is 2.41. The molecule has 16 heavy (non-hydrogen) atoms. The lowest BCUT2D eigenvalue weighted by atomic mass is 10.2. The number of anilines is 1. The van der Waals surface area contributed by atoms with Gasteiger partial charge in [-0.2, -0.15) is 0 Å². The molecule has 0 spiro atoms. The summed E-state index contributed by atoms with van der Waals surface area (Å²) in [6, 6.07) is 0.860. The molecule has 1 heterocycles. The second kappa shape index (κ2) is 4.82. The molecule has 0 aliphatic carbocycles. The predicted molar refractivity (Wildman–Crippen MR) is 49.5 cm³/mol. The number of carbonyl (C=O) groups is 1. The quantitative estimate of drug-likeness (QED) is 0.811. The summed E-state index contributed by atoms with van der Waals surface area (Å²) < 4.78 is 42.2. The van der Waals surface area contributed by atoms with E-state index in [9.17, 15) is 18.0 Å². The van der Waals surface area contributed by atoms with Crippen LogP contribution in [-0.2, 0) is 4.74 Å². The summed E-state index contributed by atoms with van der Waals surface area (Å²) in [6.45, 7) is 1.60. The highest BCUT2D eigenvalue weighted by Gasteiger charge is 2.21. The molecule has 7 heteroatoms. The van der Waals surface area contributed by atoms with Crippen LogP contribution >= 0.6 is 0 Å². The van der Waals surface area contributed by atoms with Gasteiger partial charge in [0.2, 0.25) is 0 Å². The van der Waals surface area contributed by atoms with Gasteiger partial charge in [0.05, 0.1) is 12.3 Å². The molecular weight excluding hydrogens is 225 g/mol. The second-order valence-electron chi connectivity index (χ2n) is 2.82. The highest BCUT2D eigenvalue weighted by Crippen LogP contribution is 2.24. The number of hydrogen-bond donors (Lipinski definition) is 1. The molecule has 2 N–H and O–H groups in total. The minimum absolute atomic E-state index is 0.0573. The van der Waals surface area contributed by atoms with Crippen molar-refractivity contribution in [2.75, 3.05) is 12.3 Å². The van der Waals surface area contributed by atoms with Crippen molar-refractivity contribution in [2.45, 2.75) is 13.3 Å². The number of esters is 1. The van der Waals surface area contributed by atoms with Crippen molar-refractivity contribution in [3.8, 4) is 0 Å². The minimum atomic E-state index is -3.14. The summed E-state index contributed by atoms with van der Waals surface area (Å²) in [5.74, 6) is -2.24. The molecule has 0 aliphatic rings. The van der Waals surface area contributed by atoms with Crippen molar-refractivity contribution in [1.82, 2.24) is 4.98 Å². The van der Waals surface area contributed by atoms with Gasteiger partial charge < -0.3 is 10.5 Å². The average Bonchev–Trinajstić information content (AvgIpc) is 2.21. The molecule has 88 valence electrons. The van der Waals surface area contributed by atoms with Gasteiger partial charge in [-0.05, 0) is 13.0 Å². The van der Waals surface area contributed by atoms with Gasteiger partial charge in [-0.25, -0.2) is 22.9 Å². The normalized spacial score (nSPS) is 10.6. The Morgan fingerprint density at radius 3 is 2.75 bits per heavy atom. The maximum atomic E-state index is 13.1. The molecule has 0 saturated heterocycles. The number of hydrogen-bond acceptors (Lipinski definition) is 4. The van der Waals surface area contributed by atoms with Gasteiger partial charge in [0, 0.05) is 0 Å². The van der Waals surface area contributed by atoms with Crippen molar-refractivity contribution in [2.24, 2.45) is 0 Å². The fourth-order valence-electron chi connectivity index (χ4n) is 1.02. The van der Waals surface area contributed by atoms with Crippen LogP contribution < -0.4 is 5.73 Å². The molecule has 0 aromatic carbocycles. The molecule has 4 nitrogen and oxygen atoms in total. The maximum absolute atomic E-state index is 13.1. The van der Waals surface area contributed by atoms with E-state index in [1.807, 2.05) is 0 Å². The minimum Gasteiger partial charge on any atom is -0.461 e. The first kappa shape index (κ1) is 12.3. The first-order valence-electron chi connectivity index (χ1n) is 4.38. The topological polar surface area (TPSA) is 65.2 Å². The molecule has 0 aliphatic heterocycles. The molecule has 1 aromatic rings. The van der Waals surface area contributed by atoms with Crippen LogP contribution in [0.2, 0.25) is 0 Å². The average molecular weight is 234 g/mol. The first-order chi connectivity index (χ1) is 7.47. The van der Waals surface area contributed by atoms with Crippen LogP contribution in [0.1, 0.15) is 29.5 Å². The Labute approximate surface area is 89.2 Å². The molecule has 1 rings (SSSR count). The second-order valence-corrected chi connectivity index (χ2v) is 2.82. The monoisotopic (exact) mass is 234 g/mol. The predicted octanol–water partition coefficient (Wildman–Crippen LogP) is 1.92. The lowest BCUT2D eigenvalue weighted by Crippen LogP contribution is -2.11. The highest BCUT2D eigenvalue weighted by molar-refractivity contribution is 5.88. The first-order valence-corrected chi connectivity index (χ1v) is 4.38. The van der Waals surface area contributed by atoms with E-state index in [1.165, 1.54) is 0 Å². The number of nitrogens with zero attached hydrogens (tertiary/aromatic N) is 1. The molecule has 0 atom stereocenters. The van der Waals surface area contributed by atoms with E-state index >= 15 is 0 Å². The Kier molecular flexibility index (Phi) is 3.70. The van der Waals surface area contributed by atoms with Gasteiger partial charge in [0.1, 0.15) is 5.69 Å². The zero-order valence-corrected chi connectivity index (χ0v) is 8.34. The number of rotatable bonds is 3. The van der Waals surface area contributed by atoms with Crippen molar-refractivity contribution in [1.29, 1.82) is 0 Å². The summed E-state index contributed by atoms with van der Waals surface area (Å²) in [7, 11) is 0. The van der Waals surface area contributed by atoms with Crippen LogP contribution in [-0.4, -0.2) is 17.6 Å². The smallest absolute Gasteiger partial charge is 0.357 e. The highest BCUT2D eigenvalue weighted by atomic mass is 19.3. The van der Waals surface area contributed by atoms with Gasteiger partial charge in [0.25, 0.3) is 6.43 Å². The third-order valence-corrected chi connectivity index (χ3v) is 1.70. The Bertz CT molecular complexity index is 410. The van der Waals surface area contributed by atoms with Crippen molar-refractivity contribution in [3.05, 3.63) is 23.3 Å². The van der Waals surface area contributed by atoms with Crippen LogP contribution in [0, 0.1) is 5.82 Å². The van der Waals surface area contributed by atoms with Crippen LogP contribution in [0.15, 0.2) is 6.07 Å². The van der Waals surface area contributed by atoms with E-state index in [1.54, 1.807) is 6.92 Å². The number of ether oxygens (including phenoxy) is 1. The van der Waals surface area contributed by atoms with Gasteiger partial charge in [-0.1, -0.05) is 0 Å². The van der Waals surface area contributed by atoms with E-state index in [0.717, 1.165) is 6.07 Å². The zero-order valence-electron chi connectivity index (χ0n) is 8.34. The summed E-state index contributed by atoms with van der Waals surface area (Å²) in [5, 5.41) is 0. The number of halogens is 3. The molecule has 0 amide bonds. The van der Waals surface area contributed by atoms with Crippen molar-refractivity contribution < 1.29 is 22.7 Å². The molecule has 0 saturated carbocycles. The van der Waals surface area contributed by atoms with Crippen LogP contribution in [0.5, 0.6) is 0 Å². The van der Waals surface area contributed by atoms with Gasteiger partial charge >= 0.3 is 5.97 Å². The van der Waals surface area contributed by atoms with E-state index in [0.29, 0.717) is 0 Å². The summed E-state index contributed by atoms with van der Waals surface area (Å²) >= 11 is 0. The third-order valence-electron chi connectivity index (χ3n) is 1.70. The van der Waals surface area contributed by atoms with Gasteiger partial charge in [-0.3, -0.25) is 0 Å². The van der Waals surface area contributed by atoms with Crippen LogP contribution in [0.4, 0.5) is 18.9 Å². The summed E-state index contributed by atoms with van der Waals surface area (Å²) in [5.41, 5.74) is 2.99. The maximum Gasteiger partial charge on any atom is 0.357 e. The molecule has 1 aromatic heterocycles. The Hall–Kier alpha value is -1.79. The number of carbonyl (C=O) groups excluding carboxylic acids is 1. The van der Waals surface area contributed by atoms with Crippen LogP contribution in [0.3, 0.4) is 0 Å².